The maximum absolute atomic E-state index is 12.7. The maximum atomic E-state index is 12.7. The molecule has 0 atom stereocenters. The molecule has 6 nitrogen and oxygen atoms in total. The molecule has 1 aromatic heterocycles. The molecule has 0 unspecified atom stereocenters. The van der Waals surface area contributed by atoms with Crippen LogP contribution in [-0.2, 0) is 0 Å². The molecule has 6 heteroatoms. The smallest absolute Gasteiger partial charge is 0.251 e. The molecule has 162 valence electrons. The van der Waals surface area contributed by atoms with Gasteiger partial charge in [-0.1, -0.05) is 18.2 Å². The Kier molecular flexibility index (Phi) is 6.79. The molecule has 1 fully saturated rings. The topological polar surface area (TPSA) is 57.7 Å². The van der Waals surface area contributed by atoms with Gasteiger partial charge >= 0.3 is 0 Å². The van der Waals surface area contributed by atoms with E-state index >= 15 is 0 Å². The first-order chi connectivity index (χ1) is 15.1. The molecule has 1 aliphatic rings. The predicted octanol–water partition coefficient (Wildman–Crippen LogP) is 3.28. The molecule has 2 aromatic carbocycles. The summed E-state index contributed by atoms with van der Waals surface area (Å²) < 4.78 is 5.54. The van der Waals surface area contributed by atoms with Crippen LogP contribution in [0.15, 0.2) is 54.7 Å². The monoisotopic (exact) mass is 418 g/mol. The first kappa shape index (κ1) is 21.3. The quantitative estimate of drug-likeness (QED) is 0.597. The minimum absolute atomic E-state index is 0.0327. The summed E-state index contributed by atoms with van der Waals surface area (Å²) in [5.74, 6) is 0.696. The van der Waals surface area contributed by atoms with E-state index in [1.165, 1.54) is 0 Å². The fourth-order valence-electron chi connectivity index (χ4n) is 4.00. The maximum Gasteiger partial charge on any atom is 0.251 e. The van der Waals surface area contributed by atoms with Gasteiger partial charge in [-0.3, -0.25) is 9.78 Å². The van der Waals surface area contributed by atoms with Crippen LogP contribution < -0.4 is 10.1 Å². The summed E-state index contributed by atoms with van der Waals surface area (Å²) in [6, 6.07) is 15.7. The molecule has 3 aromatic rings. The van der Waals surface area contributed by atoms with Crippen LogP contribution in [0.3, 0.4) is 0 Å². The first-order valence-electron chi connectivity index (χ1n) is 10.9. The summed E-state index contributed by atoms with van der Waals surface area (Å²) in [4.78, 5) is 21.9. The number of nitrogens with zero attached hydrogens (tertiary/aromatic N) is 3. The number of methoxy groups -OCH3 is 1. The van der Waals surface area contributed by atoms with E-state index in [1.807, 2.05) is 42.5 Å². The predicted molar refractivity (Wildman–Crippen MR) is 125 cm³/mol. The van der Waals surface area contributed by atoms with Gasteiger partial charge in [0, 0.05) is 49.9 Å². The van der Waals surface area contributed by atoms with Gasteiger partial charge in [0.1, 0.15) is 11.3 Å². The Hall–Kier alpha value is -2.96. The molecule has 0 bridgehead atoms. The largest absolute Gasteiger partial charge is 0.494 e. The lowest BCUT2D eigenvalue weighted by Crippen LogP contribution is -2.45. The summed E-state index contributed by atoms with van der Waals surface area (Å²) in [5.41, 5.74) is 3.49. The van der Waals surface area contributed by atoms with E-state index in [1.54, 1.807) is 13.3 Å². The van der Waals surface area contributed by atoms with Gasteiger partial charge in [-0.15, -0.1) is 0 Å². The number of carbonyl (C=O) groups excluding carboxylic acids is 1. The lowest BCUT2D eigenvalue weighted by atomic mass is 10.0. The standard InChI is InChI=1S/C25H30N4O2/c1-28-12-14-29(15-13-28)11-5-10-27-25(30)21-7-3-6-19(16-21)22-17-20-8-4-9-26-24(20)23(18-22)31-2/h3-4,6-9,16-18H,5,10-15H2,1-2H3,(H,27,30). The highest BCUT2D eigenvalue weighted by Gasteiger charge is 2.14. The molecule has 0 aliphatic carbocycles. The normalized spacial score (nSPS) is 15.2. The van der Waals surface area contributed by atoms with Crippen molar-refractivity contribution in [3.8, 4) is 16.9 Å². The number of aromatic nitrogens is 1. The van der Waals surface area contributed by atoms with Crippen molar-refractivity contribution in [2.45, 2.75) is 6.42 Å². The van der Waals surface area contributed by atoms with E-state index in [4.69, 9.17) is 4.74 Å². The summed E-state index contributed by atoms with van der Waals surface area (Å²) in [6.45, 7) is 6.17. The summed E-state index contributed by atoms with van der Waals surface area (Å²) in [5, 5.41) is 4.08. The number of fused-ring (bicyclic) bond motifs is 1. The second-order valence-corrected chi connectivity index (χ2v) is 8.09. The Labute approximate surface area is 183 Å². The molecular weight excluding hydrogens is 388 g/mol. The average Bonchev–Trinajstić information content (AvgIpc) is 2.82. The van der Waals surface area contributed by atoms with Gasteiger partial charge in [0.05, 0.1) is 7.11 Å². The number of hydrogen-bond donors (Lipinski definition) is 1. The molecule has 0 saturated carbocycles. The van der Waals surface area contributed by atoms with Crippen molar-refractivity contribution in [2.75, 3.05) is 53.4 Å². The average molecular weight is 419 g/mol. The molecule has 0 radical (unpaired) electrons. The summed E-state index contributed by atoms with van der Waals surface area (Å²) in [6.07, 6.45) is 2.73. The highest BCUT2D eigenvalue weighted by molar-refractivity contribution is 5.96. The van der Waals surface area contributed by atoms with Gasteiger partial charge in [-0.2, -0.15) is 0 Å². The number of likely N-dealkylation sites (N-methyl/N-ethyl adjacent to an activating group) is 1. The lowest BCUT2D eigenvalue weighted by molar-refractivity contribution is 0.0949. The van der Waals surface area contributed by atoms with Crippen molar-refractivity contribution in [1.82, 2.24) is 20.1 Å². The van der Waals surface area contributed by atoms with E-state index in [0.717, 1.165) is 66.9 Å². The molecule has 1 amide bonds. The van der Waals surface area contributed by atoms with E-state index < -0.39 is 0 Å². The van der Waals surface area contributed by atoms with Gasteiger partial charge in [-0.05, 0) is 61.5 Å². The Morgan fingerprint density at radius 1 is 1.06 bits per heavy atom. The molecule has 31 heavy (non-hydrogen) atoms. The SMILES string of the molecule is COc1cc(-c2cccc(C(=O)NCCCN3CCN(C)CC3)c2)cc2cccnc12. The van der Waals surface area contributed by atoms with Gasteiger partial charge in [0.15, 0.2) is 0 Å². The van der Waals surface area contributed by atoms with Gasteiger partial charge in [0.25, 0.3) is 5.91 Å². The Morgan fingerprint density at radius 2 is 1.90 bits per heavy atom. The zero-order valence-corrected chi connectivity index (χ0v) is 18.3. The van der Waals surface area contributed by atoms with Crippen LogP contribution in [0.1, 0.15) is 16.8 Å². The van der Waals surface area contributed by atoms with Crippen LogP contribution in [0.25, 0.3) is 22.0 Å². The van der Waals surface area contributed by atoms with Gasteiger partial charge in [0.2, 0.25) is 0 Å². The zero-order chi connectivity index (χ0) is 21.6. The summed E-state index contributed by atoms with van der Waals surface area (Å²) >= 11 is 0. The third kappa shape index (κ3) is 5.21. The van der Waals surface area contributed by atoms with E-state index in [-0.39, 0.29) is 5.91 Å². The number of carbonyl (C=O) groups is 1. The number of rotatable bonds is 7. The van der Waals surface area contributed by atoms with E-state index in [0.29, 0.717) is 12.1 Å². The molecule has 1 N–H and O–H groups in total. The zero-order valence-electron chi connectivity index (χ0n) is 18.3. The highest BCUT2D eigenvalue weighted by Crippen LogP contribution is 2.31. The Balaban J connectivity index is 1.40. The first-order valence-corrected chi connectivity index (χ1v) is 10.9. The number of amides is 1. The second-order valence-electron chi connectivity index (χ2n) is 8.09. The van der Waals surface area contributed by atoms with Crippen LogP contribution in [0.4, 0.5) is 0 Å². The third-order valence-corrected chi connectivity index (χ3v) is 5.88. The number of pyridine rings is 1. The molecule has 1 saturated heterocycles. The van der Waals surface area contributed by atoms with Crippen molar-refractivity contribution >= 4 is 16.8 Å². The Bertz CT molecular complexity index is 1040. The van der Waals surface area contributed by atoms with Crippen LogP contribution in [0.2, 0.25) is 0 Å². The number of nitrogens with one attached hydrogen (secondary N) is 1. The van der Waals surface area contributed by atoms with Crippen LogP contribution in [0, 0.1) is 0 Å². The van der Waals surface area contributed by atoms with Crippen molar-refractivity contribution < 1.29 is 9.53 Å². The number of piperazine rings is 1. The van der Waals surface area contributed by atoms with Gasteiger partial charge in [-0.25, -0.2) is 0 Å². The molecular formula is C25H30N4O2. The number of ether oxygens (including phenoxy) is 1. The second kappa shape index (κ2) is 9.90. The fourth-order valence-corrected chi connectivity index (χ4v) is 4.00. The Morgan fingerprint density at radius 3 is 2.71 bits per heavy atom. The summed E-state index contributed by atoms with van der Waals surface area (Å²) in [7, 11) is 3.82. The molecule has 4 rings (SSSR count). The van der Waals surface area contributed by atoms with Crippen molar-refractivity contribution in [3.05, 3.63) is 60.3 Å². The molecule has 1 aliphatic heterocycles. The lowest BCUT2D eigenvalue weighted by Gasteiger charge is -2.32. The molecule has 2 heterocycles. The van der Waals surface area contributed by atoms with Crippen LogP contribution in [-0.4, -0.2) is 74.1 Å². The molecule has 0 spiro atoms. The van der Waals surface area contributed by atoms with Crippen molar-refractivity contribution in [2.24, 2.45) is 0 Å². The van der Waals surface area contributed by atoms with Crippen LogP contribution >= 0.6 is 0 Å². The third-order valence-electron chi connectivity index (χ3n) is 5.88. The highest BCUT2D eigenvalue weighted by atomic mass is 16.5. The van der Waals surface area contributed by atoms with Gasteiger partial charge < -0.3 is 19.9 Å². The number of benzene rings is 2. The fraction of sp³-hybridized carbons (Fsp3) is 0.360. The van der Waals surface area contributed by atoms with Crippen molar-refractivity contribution in [3.63, 3.8) is 0 Å². The number of hydrogen-bond acceptors (Lipinski definition) is 5. The van der Waals surface area contributed by atoms with E-state index in [2.05, 4.69) is 33.2 Å². The minimum atomic E-state index is -0.0327. The minimum Gasteiger partial charge on any atom is -0.494 e. The van der Waals surface area contributed by atoms with Crippen molar-refractivity contribution in [1.29, 1.82) is 0 Å². The van der Waals surface area contributed by atoms with Crippen LogP contribution in [0.5, 0.6) is 5.75 Å². The van der Waals surface area contributed by atoms with E-state index in [9.17, 15) is 4.79 Å².